The van der Waals surface area contributed by atoms with Crippen molar-refractivity contribution in [3.05, 3.63) is 64.9 Å². The van der Waals surface area contributed by atoms with Crippen LogP contribution in [0.2, 0.25) is 5.02 Å². The van der Waals surface area contributed by atoms with Crippen LogP contribution in [0.1, 0.15) is 28.8 Å². The Morgan fingerprint density at radius 3 is 2.77 bits per heavy atom. The molecule has 2 heterocycles. The van der Waals surface area contributed by atoms with Gasteiger partial charge in [0.25, 0.3) is 5.91 Å². The number of carbonyl (C=O) groups excluding carboxylic acids is 1. The van der Waals surface area contributed by atoms with Crippen molar-refractivity contribution in [2.24, 2.45) is 0 Å². The molecule has 26 heavy (non-hydrogen) atoms. The number of rotatable bonds is 4. The number of nitrogens with zero attached hydrogens (tertiary/aromatic N) is 3. The molecule has 2 aromatic carbocycles. The fourth-order valence-electron chi connectivity index (χ4n) is 3.30. The third kappa shape index (κ3) is 3.48. The van der Waals surface area contributed by atoms with Crippen molar-refractivity contribution < 1.29 is 4.79 Å². The smallest absolute Gasteiger partial charge is 0.251 e. The highest BCUT2D eigenvalue weighted by Crippen LogP contribution is 2.26. The molecule has 0 atom stereocenters. The molecule has 4 rings (SSSR count). The Labute approximate surface area is 157 Å². The van der Waals surface area contributed by atoms with Crippen LogP contribution in [0, 0.1) is 0 Å². The van der Waals surface area contributed by atoms with Gasteiger partial charge in [0.1, 0.15) is 12.1 Å². The number of anilines is 1. The average molecular weight is 367 g/mol. The first-order valence-electron chi connectivity index (χ1n) is 8.73. The largest absolute Gasteiger partial charge is 0.356 e. The van der Waals surface area contributed by atoms with Crippen molar-refractivity contribution in [1.82, 2.24) is 15.3 Å². The summed E-state index contributed by atoms with van der Waals surface area (Å²) in [6.45, 7) is 2.43. The number of benzene rings is 2. The zero-order valence-electron chi connectivity index (χ0n) is 14.3. The van der Waals surface area contributed by atoms with Gasteiger partial charge in [-0.05, 0) is 48.7 Å². The van der Waals surface area contributed by atoms with Gasteiger partial charge in [0.05, 0.1) is 5.52 Å². The second-order valence-corrected chi connectivity index (χ2v) is 6.87. The zero-order chi connectivity index (χ0) is 17.9. The Hall–Kier alpha value is -2.66. The van der Waals surface area contributed by atoms with E-state index in [4.69, 9.17) is 11.6 Å². The van der Waals surface area contributed by atoms with Gasteiger partial charge < -0.3 is 10.2 Å². The number of aromatic nitrogens is 2. The third-order valence-corrected chi connectivity index (χ3v) is 4.86. The lowest BCUT2D eigenvalue weighted by Gasteiger charge is -2.18. The van der Waals surface area contributed by atoms with E-state index in [2.05, 4.69) is 20.2 Å². The lowest BCUT2D eigenvalue weighted by molar-refractivity contribution is 0.0951. The van der Waals surface area contributed by atoms with Gasteiger partial charge in [0, 0.05) is 35.6 Å². The highest BCUT2D eigenvalue weighted by atomic mass is 35.5. The first-order valence-corrected chi connectivity index (χ1v) is 9.11. The summed E-state index contributed by atoms with van der Waals surface area (Å²) < 4.78 is 0. The van der Waals surface area contributed by atoms with Crippen LogP contribution < -0.4 is 10.2 Å². The second kappa shape index (κ2) is 7.30. The monoisotopic (exact) mass is 366 g/mol. The van der Waals surface area contributed by atoms with Crippen LogP contribution in [0.25, 0.3) is 10.9 Å². The van der Waals surface area contributed by atoms with Gasteiger partial charge in [0.2, 0.25) is 0 Å². The first-order chi connectivity index (χ1) is 12.7. The standard InChI is InChI=1S/C20H19ClN4O/c21-16-5-3-4-14(10-16)12-22-20(26)15-6-7-18-17(11-15)19(24-13-23-18)25-8-1-2-9-25/h3-7,10-11,13H,1-2,8-9,12H2,(H,22,26). The molecule has 1 aliphatic rings. The van der Waals surface area contributed by atoms with Crippen LogP contribution >= 0.6 is 11.6 Å². The number of amides is 1. The van der Waals surface area contributed by atoms with Crippen LogP contribution in [0.5, 0.6) is 0 Å². The average Bonchev–Trinajstić information content (AvgIpc) is 3.20. The van der Waals surface area contributed by atoms with Gasteiger partial charge in [-0.1, -0.05) is 23.7 Å². The van der Waals surface area contributed by atoms with Crippen molar-refractivity contribution in [2.45, 2.75) is 19.4 Å². The maximum Gasteiger partial charge on any atom is 0.251 e. The summed E-state index contributed by atoms with van der Waals surface area (Å²) in [6, 6.07) is 13.0. The molecule has 0 bridgehead atoms. The molecule has 0 unspecified atom stereocenters. The molecular weight excluding hydrogens is 348 g/mol. The summed E-state index contributed by atoms with van der Waals surface area (Å²) >= 11 is 5.99. The predicted molar refractivity (Wildman–Crippen MR) is 104 cm³/mol. The van der Waals surface area contributed by atoms with Crippen molar-refractivity contribution >= 4 is 34.2 Å². The van der Waals surface area contributed by atoms with Crippen LogP contribution in [0.3, 0.4) is 0 Å². The molecule has 0 radical (unpaired) electrons. The number of hydrogen-bond acceptors (Lipinski definition) is 4. The minimum absolute atomic E-state index is 0.122. The summed E-state index contributed by atoms with van der Waals surface area (Å²) in [4.78, 5) is 23.6. The molecule has 132 valence electrons. The Morgan fingerprint density at radius 1 is 1.12 bits per heavy atom. The lowest BCUT2D eigenvalue weighted by atomic mass is 10.1. The molecule has 0 spiro atoms. The van der Waals surface area contributed by atoms with E-state index in [1.165, 1.54) is 12.8 Å². The van der Waals surface area contributed by atoms with E-state index < -0.39 is 0 Å². The number of hydrogen-bond donors (Lipinski definition) is 1. The first kappa shape index (κ1) is 16.8. The summed E-state index contributed by atoms with van der Waals surface area (Å²) in [5, 5.41) is 4.53. The van der Waals surface area contributed by atoms with Crippen molar-refractivity contribution in [3.63, 3.8) is 0 Å². The maximum atomic E-state index is 12.6. The minimum Gasteiger partial charge on any atom is -0.356 e. The van der Waals surface area contributed by atoms with Crippen molar-refractivity contribution in [2.75, 3.05) is 18.0 Å². The normalized spacial score (nSPS) is 14.0. The zero-order valence-corrected chi connectivity index (χ0v) is 15.0. The molecule has 1 saturated heterocycles. The van der Waals surface area contributed by atoms with Gasteiger partial charge in [-0.3, -0.25) is 4.79 Å². The Kier molecular flexibility index (Phi) is 4.71. The van der Waals surface area contributed by atoms with E-state index in [9.17, 15) is 4.79 Å². The fourth-order valence-corrected chi connectivity index (χ4v) is 3.51. The van der Waals surface area contributed by atoms with E-state index in [1.807, 2.05) is 36.4 Å². The molecule has 1 fully saturated rings. The van der Waals surface area contributed by atoms with E-state index >= 15 is 0 Å². The molecule has 0 aliphatic carbocycles. The summed E-state index contributed by atoms with van der Waals surface area (Å²) in [5.74, 6) is 0.792. The van der Waals surface area contributed by atoms with Crippen LogP contribution in [-0.2, 0) is 6.54 Å². The summed E-state index contributed by atoms with van der Waals surface area (Å²) in [7, 11) is 0. The number of carbonyl (C=O) groups is 1. The predicted octanol–water partition coefficient (Wildman–Crippen LogP) is 3.81. The number of fused-ring (bicyclic) bond motifs is 1. The van der Waals surface area contributed by atoms with E-state index in [0.717, 1.165) is 35.4 Å². The van der Waals surface area contributed by atoms with Gasteiger partial charge in [-0.15, -0.1) is 0 Å². The molecule has 6 heteroatoms. The summed E-state index contributed by atoms with van der Waals surface area (Å²) in [5.41, 5.74) is 2.43. The van der Waals surface area contributed by atoms with Crippen LogP contribution in [-0.4, -0.2) is 29.0 Å². The highest BCUT2D eigenvalue weighted by Gasteiger charge is 2.17. The fraction of sp³-hybridized carbons (Fsp3) is 0.250. The Balaban J connectivity index is 1.57. The molecule has 1 aromatic heterocycles. The molecule has 1 N–H and O–H groups in total. The highest BCUT2D eigenvalue weighted by molar-refractivity contribution is 6.30. The maximum absolute atomic E-state index is 12.6. The van der Waals surface area contributed by atoms with E-state index in [1.54, 1.807) is 12.4 Å². The van der Waals surface area contributed by atoms with E-state index in [0.29, 0.717) is 17.1 Å². The molecule has 1 amide bonds. The van der Waals surface area contributed by atoms with Crippen molar-refractivity contribution in [1.29, 1.82) is 0 Å². The van der Waals surface area contributed by atoms with Gasteiger partial charge in [-0.25, -0.2) is 9.97 Å². The van der Waals surface area contributed by atoms with Gasteiger partial charge in [-0.2, -0.15) is 0 Å². The third-order valence-electron chi connectivity index (χ3n) is 4.62. The Bertz CT molecular complexity index is 953. The summed E-state index contributed by atoms with van der Waals surface area (Å²) in [6.07, 6.45) is 3.94. The van der Waals surface area contributed by atoms with Crippen LogP contribution in [0.15, 0.2) is 48.8 Å². The van der Waals surface area contributed by atoms with Gasteiger partial charge >= 0.3 is 0 Å². The molecule has 5 nitrogen and oxygen atoms in total. The van der Waals surface area contributed by atoms with Crippen LogP contribution in [0.4, 0.5) is 5.82 Å². The van der Waals surface area contributed by atoms with E-state index in [-0.39, 0.29) is 5.91 Å². The second-order valence-electron chi connectivity index (χ2n) is 6.44. The SMILES string of the molecule is O=C(NCc1cccc(Cl)c1)c1ccc2ncnc(N3CCCC3)c2c1. The minimum atomic E-state index is -0.122. The molecule has 1 aliphatic heterocycles. The number of halogens is 1. The number of nitrogens with one attached hydrogen (secondary N) is 1. The molecule has 0 saturated carbocycles. The topological polar surface area (TPSA) is 58.1 Å². The molecular formula is C20H19ClN4O. The molecule has 3 aromatic rings. The van der Waals surface area contributed by atoms with Crippen molar-refractivity contribution in [3.8, 4) is 0 Å². The quantitative estimate of drug-likeness (QED) is 0.762. The Morgan fingerprint density at radius 2 is 1.96 bits per heavy atom. The lowest BCUT2D eigenvalue weighted by Crippen LogP contribution is -2.23. The van der Waals surface area contributed by atoms with Gasteiger partial charge in [0.15, 0.2) is 0 Å².